The van der Waals surface area contributed by atoms with Gasteiger partial charge in [-0.3, -0.25) is 4.79 Å². The predicted octanol–water partition coefficient (Wildman–Crippen LogP) is 2.83. The summed E-state index contributed by atoms with van der Waals surface area (Å²) in [7, 11) is 0. The molecule has 1 aliphatic carbocycles. The van der Waals surface area contributed by atoms with Crippen molar-refractivity contribution in [2.75, 3.05) is 11.9 Å². The van der Waals surface area contributed by atoms with Crippen LogP contribution in [0.5, 0.6) is 0 Å². The van der Waals surface area contributed by atoms with Gasteiger partial charge >= 0.3 is 0 Å². The lowest BCUT2D eigenvalue weighted by atomic mass is 10.2. The van der Waals surface area contributed by atoms with E-state index in [2.05, 4.69) is 20.8 Å². The van der Waals surface area contributed by atoms with E-state index in [1.807, 2.05) is 59.3 Å². The second kappa shape index (κ2) is 7.45. The van der Waals surface area contributed by atoms with Gasteiger partial charge in [0.25, 0.3) is 0 Å². The molecule has 1 N–H and O–H groups in total. The van der Waals surface area contributed by atoms with E-state index in [4.69, 9.17) is 4.74 Å². The number of carbonyl (C=O) groups excluding carboxylic acids is 1. The van der Waals surface area contributed by atoms with E-state index in [1.54, 1.807) is 0 Å². The molecule has 0 atom stereocenters. The molecule has 1 aromatic heterocycles. The molecule has 0 unspecified atom stereocenters. The minimum Gasteiger partial charge on any atom is -0.367 e. The van der Waals surface area contributed by atoms with Crippen molar-refractivity contribution in [2.24, 2.45) is 0 Å². The molecule has 26 heavy (non-hydrogen) atoms. The van der Waals surface area contributed by atoms with Gasteiger partial charge in [0.1, 0.15) is 6.61 Å². The second-order valence-corrected chi connectivity index (χ2v) is 6.29. The predicted molar refractivity (Wildman–Crippen MR) is 96.3 cm³/mol. The summed E-state index contributed by atoms with van der Waals surface area (Å²) in [4.78, 5) is 12.1. The third-order valence-corrected chi connectivity index (χ3v) is 4.13. The van der Waals surface area contributed by atoms with Crippen LogP contribution in [0.2, 0.25) is 0 Å². The quantitative estimate of drug-likeness (QED) is 0.709. The summed E-state index contributed by atoms with van der Waals surface area (Å²) in [5.41, 5.74) is 2.61. The molecule has 3 aromatic rings. The van der Waals surface area contributed by atoms with Gasteiger partial charge in [-0.05, 0) is 41.0 Å². The van der Waals surface area contributed by atoms with Gasteiger partial charge in [-0.1, -0.05) is 42.5 Å². The van der Waals surface area contributed by atoms with Crippen molar-refractivity contribution in [2.45, 2.75) is 25.5 Å². The number of aromatic nitrogens is 4. The van der Waals surface area contributed by atoms with Crippen molar-refractivity contribution in [1.29, 1.82) is 0 Å². The SMILES string of the molecule is O=C(COCc1ccccc1)Nc1cccc(-c2nnnn2C2CC2)c1. The Balaban J connectivity index is 1.36. The Labute approximate surface area is 151 Å². The zero-order chi connectivity index (χ0) is 17.8. The van der Waals surface area contributed by atoms with E-state index in [-0.39, 0.29) is 12.5 Å². The number of tetrazole rings is 1. The summed E-state index contributed by atoms with van der Waals surface area (Å²) in [6.45, 7) is 0.406. The Morgan fingerprint density at radius 2 is 2.00 bits per heavy atom. The zero-order valence-electron chi connectivity index (χ0n) is 14.2. The van der Waals surface area contributed by atoms with Crippen LogP contribution in [0.4, 0.5) is 5.69 Å². The Bertz CT molecular complexity index is 890. The maximum absolute atomic E-state index is 12.1. The first-order valence-electron chi connectivity index (χ1n) is 8.59. The molecule has 0 spiro atoms. The maximum Gasteiger partial charge on any atom is 0.250 e. The number of nitrogens with one attached hydrogen (secondary N) is 1. The van der Waals surface area contributed by atoms with E-state index in [9.17, 15) is 4.79 Å². The fourth-order valence-corrected chi connectivity index (χ4v) is 2.72. The molecule has 7 heteroatoms. The molecule has 1 fully saturated rings. The largest absolute Gasteiger partial charge is 0.367 e. The van der Waals surface area contributed by atoms with Crippen LogP contribution in [0.1, 0.15) is 24.4 Å². The van der Waals surface area contributed by atoms with Crippen molar-refractivity contribution in [1.82, 2.24) is 20.2 Å². The topological polar surface area (TPSA) is 81.9 Å². The molecular weight excluding hydrogens is 330 g/mol. The number of hydrogen-bond acceptors (Lipinski definition) is 5. The summed E-state index contributed by atoms with van der Waals surface area (Å²) in [5.74, 6) is 0.531. The van der Waals surface area contributed by atoms with Gasteiger partial charge in [0.05, 0.1) is 12.6 Å². The minimum atomic E-state index is -0.195. The van der Waals surface area contributed by atoms with Crippen molar-refractivity contribution in [3.05, 3.63) is 60.2 Å². The Kier molecular flexibility index (Phi) is 4.70. The molecule has 7 nitrogen and oxygen atoms in total. The molecule has 0 radical (unpaired) electrons. The highest BCUT2D eigenvalue weighted by atomic mass is 16.5. The molecular formula is C19H19N5O2. The average Bonchev–Trinajstić information content (AvgIpc) is 3.39. The van der Waals surface area contributed by atoms with Crippen molar-refractivity contribution >= 4 is 11.6 Å². The first-order chi connectivity index (χ1) is 12.8. The van der Waals surface area contributed by atoms with E-state index in [0.29, 0.717) is 18.3 Å². The lowest BCUT2D eigenvalue weighted by Crippen LogP contribution is -2.18. The van der Waals surface area contributed by atoms with Crippen LogP contribution in [0.3, 0.4) is 0 Å². The fourth-order valence-electron chi connectivity index (χ4n) is 2.72. The van der Waals surface area contributed by atoms with Crippen molar-refractivity contribution in [3.8, 4) is 11.4 Å². The number of nitrogens with zero attached hydrogens (tertiary/aromatic N) is 4. The first-order valence-corrected chi connectivity index (χ1v) is 8.59. The van der Waals surface area contributed by atoms with Crippen LogP contribution in [0.15, 0.2) is 54.6 Å². The number of benzene rings is 2. The van der Waals surface area contributed by atoms with Crippen LogP contribution >= 0.6 is 0 Å². The molecule has 1 heterocycles. The Morgan fingerprint density at radius 3 is 2.81 bits per heavy atom. The fraction of sp³-hybridized carbons (Fsp3) is 0.263. The molecule has 132 valence electrons. The molecule has 0 bridgehead atoms. The highest BCUT2D eigenvalue weighted by molar-refractivity contribution is 5.92. The lowest BCUT2D eigenvalue weighted by Gasteiger charge is -2.08. The van der Waals surface area contributed by atoms with Gasteiger partial charge < -0.3 is 10.1 Å². The second-order valence-electron chi connectivity index (χ2n) is 6.29. The van der Waals surface area contributed by atoms with E-state index in [1.165, 1.54) is 0 Å². The Hall–Kier alpha value is -3.06. The van der Waals surface area contributed by atoms with Crippen LogP contribution < -0.4 is 5.32 Å². The smallest absolute Gasteiger partial charge is 0.250 e. The van der Waals surface area contributed by atoms with Gasteiger partial charge in [0, 0.05) is 11.3 Å². The number of hydrogen-bond donors (Lipinski definition) is 1. The highest BCUT2D eigenvalue weighted by Gasteiger charge is 2.28. The molecule has 1 amide bonds. The van der Waals surface area contributed by atoms with Crippen molar-refractivity contribution < 1.29 is 9.53 Å². The highest BCUT2D eigenvalue weighted by Crippen LogP contribution is 2.36. The summed E-state index contributed by atoms with van der Waals surface area (Å²) in [6.07, 6.45) is 2.21. The van der Waals surface area contributed by atoms with Crippen LogP contribution in [0.25, 0.3) is 11.4 Å². The zero-order valence-corrected chi connectivity index (χ0v) is 14.2. The number of amides is 1. The summed E-state index contributed by atoms with van der Waals surface area (Å²) in [6, 6.07) is 17.7. The molecule has 2 aromatic carbocycles. The molecule has 0 saturated heterocycles. The van der Waals surface area contributed by atoms with Crippen molar-refractivity contribution in [3.63, 3.8) is 0 Å². The van der Waals surface area contributed by atoms with Gasteiger partial charge in [-0.2, -0.15) is 0 Å². The van der Waals surface area contributed by atoms with E-state index >= 15 is 0 Å². The minimum absolute atomic E-state index is 0.00106. The Morgan fingerprint density at radius 1 is 1.15 bits per heavy atom. The van der Waals surface area contributed by atoms with Crippen LogP contribution in [0, 0.1) is 0 Å². The average molecular weight is 349 g/mol. The number of ether oxygens (including phenoxy) is 1. The molecule has 1 saturated carbocycles. The van der Waals surface area contributed by atoms with Gasteiger partial charge in [-0.15, -0.1) is 5.10 Å². The number of carbonyl (C=O) groups is 1. The third kappa shape index (κ3) is 3.94. The molecule has 1 aliphatic rings. The molecule has 0 aliphatic heterocycles. The van der Waals surface area contributed by atoms with E-state index < -0.39 is 0 Å². The van der Waals surface area contributed by atoms with Gasteiger partial charge in [-0.25, -0.2) is 4.68 Å². The third-order valence-electron chi connectivity index (χ3n) is 4.13. The monoisotopic (exact) mass is 349 g/mol. The van der Waals surface area contributed by atoms with Crippen LogP contribution in [-0.4, -0.2) is 32.7 Å². The number of rotatable bonds is 7. The van der Waals surface area contributed by atoms with Crippen LogP contribution in [-0.2, 0) is 16.1 Å². The standard InChI is InChI=1S/C19H19N5O2/c25-18(13-26-12-14-5-2-1-3-6-14)20-16-8-4-7-15(11-16)19-21-22-23-24(19)17-9-10-17/h1-8,11,17H,9-10,12-13H2,(H,20,25). The maximum atomic E-state index is 12.1. The normalized spacial score (nSPS) is 13.5. The molecule has 4 rings (SSSR count). The number of anilines is 1. The van der Waals surface area contributed by atoms with E-state index in [0.717, 1.165) is 29.8 Å². The summed E-state index contributed by atoms with van der Waals surface area (Å²) in [5, 5.41) is 14.8. The van der Waals surface area contributed by atoms with Gasteiger partial charge in [0.2, 0.25) is 5.91 Å². The summed E-state index contributed by atoms with van der Waals surface area (Å²) < 4.78 is 7.32. The van der Waals surface area contributed by atoms with Gasteiger partial charge in [0.15, 0.2) is 5.82 Å². The summed E-state index contributed by atoms with van der Waals surface area (Å²) >= 11 is 0. The first kappa shape index (κ1) is 16.4. The lowest BCUT2D eigenvalue weighted by molar-refractivity contribution is -0.121.